The fraction of sp³-hybridized carbons (Fsp3) is 0.227. The van der Waals surface area contributed by atoms with Crippen LogP contribution >= 0.6 is 0 Å². The molecule has 27 heavy (non-hydrogen) atoms. The van der Waals surface area contributed by atoms with Crippen molar-refractivity contribution < 1.29 is 14.3 Å². The number of rotatable bonds is 6. The second-order valence-corrected chi connectivity index (χ2v) is 6.37. The lowest BCUT2D eigenvalue weighted by Crippen LogP contribution is -2.22. The predicted molar refractivity (Wildman–Crippen MR) is 106 cm³/mol. The van der Waals surface area contributed by atoms with Gasteiger partial charge in [0.1, 0.15) is 0 Å². The van der Waals surface area contributed by atoms with Gasteiger partial charge in [-0.25, -0.2) is 0 Å². The number of aromatic nitrogens is 1. The molecule has 3 aromatic rings. The highest BCUT2D eigenvalue weighted by molar-refractivity contribution is 5.94. The summed E-state index contributed by atoms with van der Waals surface area (Å²) in [5.74, 6) is 1.20. The summed E-state index contributed by atoms with van der Waals surface area (Å²) < 4.78 is 12.7. The number of benzene rings is 2. The van der Waals surface area contributed by atoms with Gasteiger partial charge < -0.3 is 19.4 Å². The molecule has 0 radical (unpaired) electrons. The van der Waals surface area contributed by atoms with Gasteiger partial charge >= 0.3 is 0 Å². The molecule has 5 nitrogen and oxygen atoms in total. The van der Waals surface area contributed by atoms with E-state index in [9.17, 15) is 4.79 Å². The number of nitrogens with zero attached hydrogens (tertiary/aromatic N) is 1. The van der Waals surface area contributed by atoms with E-state index >= 15 is 0 Å². The minimum Gasteiger partial charge on any atom is -0.493 e. The maximum absolute atomic E-state index is 12.5. The van der Waals surface area contributed by atoms with E-state index in [0.29, 0.717) is 23.6 Å². The van der Waals surface area contributed by atoms with Crippen LogP contribution in [0.4, 0.5) is 0 Å². The topological polar surface area (TPSA) is 52.5 Å². The van der Waals surface area contributed by atoms with E-state index < -0.39 is 0 Å². The van der Waals surface area contributed by atoms with Crippen molar-refractivity contribution in [2.24, 2.45) is 0 Å². The first-order valence-electron chi connectivity index (χ1n) is 8.78. The van der Waals surface area contributed by atoms with Crippen LogP contribution < -0.4 is 14.8 Å². The number of hydrogen-bond acceptors (Lipinski definition) is 3. The van der Waals surface area contributed by atoms with Gasteiger partial charge in [0.25, 0.3) is 5.91 Å². The van der Waals surface area contributed by atoms with Crippen LogP contribution in [0.1, 0.15) is 27.3 Å². The van der Waals surface area contributed by atoms with Crippen molar-refractivity contribution in [3.63, 3.8) is 0 Å². The Morgan fingerprint density at radius 2 is 1.52 bits per heavy atom. The minimum atomic E-state index is -0.114. The molecule has 2 aromatic carbocycles. The number of hydrogen-bond donors (Lipinski definition) is 1. The normalized spacial score (nSPS) is 10.5. The maximum atomic E-state index is 12.5. The SMILES string of the molecule is COc1ccc(CNC(=O)c2ccc(-n3c(C)ccc3C)cc2)cc1OC. The number of methoxy groups -OCH3 is 2. The average Bonchev–Trinajstić information content (AvgIpc) is 3.04. The first kappa shape index (κ1) is 18.6. The molecule has 140 valence electrons. The van der Waals surface area contributed by atoms with Gasteiger partial charge in [0.15, 0.2) is 11.5 Å². The van der Waals surface area contributed by atoms with Gasteiger partial charge in [-0.1, -0.05) is 6.07 Å². The second kappa shape index (κ2) is 7.99. The summed E-state index contributed by atoms with van der Waals surface area (Å²) in [4.78, 5) is 12.5. The molecule has 1 amide bonds. The zero-order valence-electron chi connectivity index (χ0n) is 16.1. The van der Waals surface area contributed by atoms with Crippen LogP contribution in [0.2, 0.25) is 0 Å². The Hall–Kier alpha value is -3.21. The van der Waals surface area contributed by atoms with Crippen molar-refractivity contribution in [2.75, 3.05) is 14.2 Å². The molecular weight excluding hydrogens is 340 g/mol. The predicted octanol–water partition coefficient (Wildman–Crippen LogP) is 4.04. The number of amides is 1. The summed E-state index contributed by atoms with van der Waals surface area (Å²) in [5, 5.41) is 2.94. The molecule has 1 N–H and O–H groups in total. The van der Waals surface area contributed by atoms with Crippen molar-refractivity contribution >= 4 is 5.91 Å². The number of carbonyl (C=O) groups is 1. The number of carbonyl (C=O) groups excluding carboxylic acids is 1. The van der Waals surface area contributed by atoms with E-state index in [0.717, 1.165) is 22.6 Å². The molecule has 0 aliphatic rings. The first-order valence-corrected chi connectivity index (χ1v) is 8.78. The maximum Gasteiger partial charge on any atom is 0.251 e. The standard InChI is InChI=1S/C22H24N2O3/c1-15-5-6-16(2)24(15)19-10-8-18(9-11-19)22(25)23-14-17-7-12-20(26-3)21(13-17)27-4/h5-13H,14H2,1-4H3,(H,23,25). The first-order chi connectivity index (χ1) is 13.0. The van der Waals surface area contributed by atoms with Crippen LogP contribution in [0.15, 0.2) is 54.6 Å². The smallest absolute Gasteiger partial charge is 0.251 e. The Morgan fingerprint density at radius 1 is 0.889 bits per heavy atom. The third kappa shape index (κ3) is 3.97. The summed E-state index contributed by atoms with van der Waals surface area (Å²) in [6, 6.07) is 17.4. The molecule has 1 heterocycles. The largest absolute Gasteiger partial charge is 0.493 e. The van der Waals surface area contributed by atoms with Gasteiger partial charge in [0.05, 0.1) is 14.2 Å². The van der Waals surface area contributed by atoms with Crippen molar-refractivity contribution in [3.8, 4) is 17.2 Å². The van der Waals surface area contributed by atoms with Gasteiger partial charge in [-0.05, 0) is 67.9 Å². The Labute approximate surface area is 159 Å². The molecule has 3 rings (SSSR count). The second-order valence-electron chi connectivity index (χ2n) is 6.37. The van der Waals surface area contributed by atoms with Crippen molar-refractivity contribution in [2.45, 2.75) is 20.4 Å². The van der Waals surface area contributed by atoms with Gasteiger partial charge in [-0.15, -0.1) is 0 Å². The number of aryl methyl sites for hydroxylation is 2. The van der Waals surface area contributed by atoms with Gasteiger partial charge in [0.2, 0.25) is 0 Å². The zero-order chi connectivity index (χ0) is 19.4. The molecule has 0 spiro atoms. The third-order valence-corrected chi connectivity index (χ3v) is 4.56. The van der Waals surface area contributed by atoms with E-state index in [-0.39, 0.29) is 5.91 Å². The van der Waals surface area contributed by atoms with Gasteiger partial charge in [-0.3, -0.25) is 4.79 Å². The Kier molecular flexibility index (Phi) is 5.50. The van der Waals surface area contributed by atoms with Crippen LogP contribution in [0.3, 0.4) is 0 Å². The fourth-order valence-corrected chi connectivity index (χ4v) is 3.11. The number of ether oxygens (including phenoxy) is 2. The number of nitrogens with one attached hydrogen (secondary N) is 1. The Balaban J connectivity index is 1.68. The lowest BCUT2D eigenvalue weighted by atomic mass is 10.1. The summed E-state index contributed by atoms with van der Waals surface area (Å²) in [5.41, 5.74) is 4.95. The quantitative estimate of drug-likeness (QED) is 0.718. The summed E-state index contributed by atoms with van der Waals surface area (Å²) >= 11 is 0. The summed E-state index contributed by atoms with van der Waals surface area (Å²) in [6.07, 6.45) is 0. The van der Waals surface area contributed by atoms with E-state index in [2.05, 4.69) is 35.9 Å². The highest BCUT2D eigenvalue weighted by Crippen LogP contribution is 2.27. The van der Waals surface area contributed by atoms with E-state index in [1.165, 1.54) is 0 Å². The highest BCUT2D eigenvalue weighted by Gasteiger charge is 2.09. The van der Waals surface area contributed by atoms with E-state index in [1.54, 1.807) is 14.2 Å². The molecule has 0 saturated heterocycles. The van der Waals surface area contributed by atoms with Crippen LogP contribution in [0, 0.1) is 13.8 Å². The van der Waals surface area contributed by atoms with E-state index in [1.807, 2.05) is 42.5 Å². The molecule has 1 aromatic heterocycles. The monoisotopic (exact) mass is 364 g/mol. The average molecular weight is 364 g/mol. The molecule has 0 saturated carbocycles. The fourth-order valence-electron chi connectivity index (χ4n) is 3.11. The Morgan fingerprint density at radius 3 is 2.11 bits per heavy atom. The third-order valence-electron chi connectivity index (χ3n) is 4.56. The highest BCUT2D eigenvalue weighted by atomic mass is 16.5. The lowest BCUT2D eigenvalue weighted by molar-refractivity contribution is 0.0951. The molecular formula is C22H24N2O3. The van der Waals surface area contributed by atoms with Crippen molar-refractivity contribution in [1.29, 1.82) is 0 Å². The van der Waals surface area contributed by atoms with E-state index in [4.69, 9.17) is 9.47 Å². The van der Waals surface area contributed by atoms with Crippen LogP contribution in [-0.4, -0.2) is 24.7 Å². The van der Waals surface area contributed by atoms with Crippen LogP contribution in [0.25, 0.3) is 5.69 Å². The zero-order valence-corrected chi connectivity index (χ0v) is 16.1. The molecule has 0 bridgehead atoms. The van der Waals surface area contributed by atoms with Gasteiger partial charge in [-0.2, -0.15) is 0 Å². The summed E-state index contributed by atoms with van der Waals surface area (Å²) in [6.45, 7) is 4.55. The van der Waals surface area contributed by atoms with Gasteiger partial charge in [0, 0.05) is 29.2 Å². The van der Waals surface area contributed by atoms with Crippen molar-refractivity contribution in [3.05, 3.63) is 77.1 Å². The van der Waals surface area contributed by atoms with Crippen LogP contribution in [0.5, 0.6) is 11.5 Å². The molecule has 0 aliphatic carbocycles. The molecule has 0 atom stereocenters. The Bertz CT molecular complexity index is 923. The molecule has 0 aliphatic heterocycles. The minimum absolute atomic E-state index is 0.114. The molecule has 5 heteroatoms. The van der Waals surface area contributed by atoms with Crippen molar-refractivity contribution in [1.82, 2.24) is 9.88 Å². The summed E-state index contributed by atoms with van der Waals surface area (Å²) in [7, 11) is 3.19. The lowest BCUT2D eigenvalue weighted by Gasteiger charge is -2.12. The van der Waals surface area contributed by atoms with Crippen LogP contribution in [-0.2, 0) is 6.54 Å². The molecule has 0 fully saturated rings. The molecule has 0 unspecified atom stereocenters.